The van der Waals surface area contributed by atoms with E-state index in [1.165, 1.54) is 5.56 Å². The second-order valence-electron chi connectivity index (χ2n) is 8.17. The largest absolute Gasteiger partial charge is 0.371 e. The number of rotatable bonds is 6. The van der Waals surface area contributed by atoms with E-state index < -0.39 is 0 Å². The van der Waals surface area contributed by atoms with Crippen LogP contribution < -0.4 is 16.0 Å². The summed E-state index contributed by atoms with van der Waals surface area (Å²) in [7, 11) is 0. The smallest absolute Gasteiger partial charge is 0.315 e. The summed E-state index contributed by atoms with van der Waals surface area (Å²) < 4.78 is 11.9. The normalized spacial score (nSPS) is 23.7. The first-order chi connectivity index (χ1) is 16.2. The van der Waals surface area contributed by atoms with Crippen LogP contribution in [0.2, 0.25) is 0 Å². The molecule has 2 aromatic carbocycles. The summed E-state index contributed by atoms with van der Waals surface area (Å²) in [5, 5.41) is 9.02. The van der Waals surface area contributed by atoms with Crippen molar-refractivity contribution in [2.45, 2.75) is 31.2 Å². The molecule has 8 nitrogen and oxygen atoms in total. The van der Waals surface area contributed by atoms with Crippen LogP contribution in [0.5, 0.6) is 0 Å². The van der Waals surface area contributed by atoms with Gasteiger partial charge in [-0.25, -0.2) is 14.8 Å². The SMILES string of the molecule is CCNC(=O)N[C@@H]1CO[C@@H]2[C@@H]1OC[C@@H]2Nc1nccc(-c2ccc(-c3ccccc3)cc2)n1. The second-order valence-corrected chi connectivity index (χ2v) is 8.17. The average Bonchev–Trinajstić information content (AvgIpc) is 3.43. The zero-order valence-corrected chi connectivity index (χ0v) is 18.4. The maximum absolute atomic E-state index is 11.9. The Morgan fingerprint density at radius 2 is 1.58 bits per heavy atom. The fourth-order valence-electron chi connectivity index (χ4n) is 4.35. The van der Waals surface area contributed by atoms with E-state index in [1.54, 1.807) is 6.20 Å². The van der Waals surface area contributed by atoms with E-state index in [0.29, 0.717) is 25.7 Å². The first kappa shape index (κ1) is 21.4. The molecule has 4 atom stereocenters. The number of hydrogen-bond donors (Lipinski definition) is 3. The fourth-order valence-corrected chi connectivity index (χ4v) is 4.35. The Morgan fingerprint density at radius 3 is 2.33 bits per heavy atom. The minimum Gasteiger partial charge on any atom is -0.371 e. The lowest BCUT2D eigenvalue weighted by Crippen LogP contribution is -2.48. The van der Waals surface area contributed by atoms with E-state index in [2.05, 4.69) is 57.3 Å². The zero-order valence-electron chi connectivity index (χ0n) is 18.4. The highest BCUT2D eigenvalue weighted by Gasteiger charge is 2.48. The number of ether oxygens (including phenoxy) is 2. The maximum atomic E-state index is 11.9. The third-order valence-corrected chi connectivity index (χ3v) is 5.97. The number of benzene rings is 2. The summed E-state index contributed by atoms with van der Waals surface area (Å²) in [5.74, 6) is 0.526. The van der Waals surface area contributed by atoms with Crippen LogP contribution in [0.3, 0.4) is 0 Å². The van der Waals surface area contributed by atoms with Crippen LogP contribution in [0.1, 0.15) is 6.92 Å². The molecule has 8 heteroatoms. The summed E-state index contributed by atoms with van der Waals surface area (Å²) in [5.41, 5.74) is 4.20. The Bertz CT molecular complexity index is 1090. The van der Waals surface area contributed by atoms with Gasteiger partial charge in [0.15, 0.2) is 0 Å². The predicted octanol–water partition coefficient (Wildman–Crippen LogP) is 3.08. The van der Waals surface area contributed by atoms with E-state index in [4.69, 9.17) is 14.5 Å². The van der Waals surface area contributed by atoms with Gasteiger partial charge in [-0.15, -0.1) is 0 Å². The van der Waals surface area contributed by atoms with Crippen LogP contribution in [0, 0.1) is 0 Å². The molecule has 5 rings (SSSR count). The number of urea groups is 1. The van der Waals surface area contributed by atoms with E-state index in [1.807, 2.05) is 31.2 Å². The average molecular weight is 446 g/mol. The molecule has 170 valence electrons. The van der Waals surface area contributed by atoms with Crippen molar-refractivity contribution in [3.05, 3.63) is 66.9 Å². The van der Waals surface area contributed by atoms with Gasteiger partial charge in [-0.2, -0.15) is 0 Å². The van der Waals surface area contributed by atoms with Gasteiger partial charge in [0.1, 0.15) is 12.2 Å². The molecule has 0 radical (unpaired) electrons. The number of anilines is 1. The molecule has 0 saturated carbocycles. The lowest BCUT2D eigenvalue weighted by Gasteiger charge is -2.18. The highest BCUT2D eigenvalue weighted by atomic mass is 16.6. The Kier molecular flexibility index (Phi) is 6.19. The minimum atomic E-state index is -0.207. The molecule has 3 N–H and O–H groups in total. The first-order valence-corrected chi connectivity index (χ1v) is 11.2. The molecule has 0 spiro atoms. The van der Waals surface area contributed by atoms with Gasteiger partial charge in [0, 0.05) is 18.3 Å². The highest BCUT2D eigenvalue weighted by Crippen LogP contribution is 2.29. The van der Waals surface area contributed by atoms with Crippen LogP contribution in [-0.2, 0) is 9.47 Å². The molecular formula is C25H27N5O3. The number of fused-ring (bicyclic) bond motifs is 1. The van der Waals surface area contributed by atoms with Gasteiger partial charge < -0.3 is 25.4 Å². The Hall–Kier alpha value is -3.49. The molecule has 0 aliphatic carbocycles. The number of carbonyl (C=O) groups excluding carboxylic acids is 1. The molecule has 3 aromatic rings. The third-order valence-electron chi connectivity index (χ3n) is 5.97. The quantitative estimate of drug-likeness (QED) is 0.540. The van der Waals surface area contributed by atoms with Crippen molar-refractivity contribution in [2.75, 3.05) is 25.1 Å². The number of hydrogen-bond acceptors (Lipinski definition) is 6. The molecule has 3 heterocycles. The van der Waals surface area contributed by atoms with E-state index >= 15 is 0 Å². The van der Waals surface area contributed by atoms with Crippen LogP contribution >= 0.6 is 0 Å². The summed E-state index contributed by atoms with van der Waals surface area (Å²) in [4.78, 5) is 21.0. The topological polar surface area (TPSA) is 97.4 Å². The highest BCUT2D eigenvalue weighted by molar-refractivity contribution is 5.74. The fraction of sp³-hybridized carbons (Fsp3) is 0.320. The number of amides is 2. The Balaban J connectivity index is 1.25. The maximum Gasteiger partial charge on any atom is 0.315 e. The van der Waals surface area contributed by atoms with Gasteiger partial charge in [-0.1, -0.05) is 54.6 Å². The number of nitrogens with zero attached hydrogens (tertiary/aromatic N) is 2. The van der Waals surface area contributed by atoms with Gasteiger partial charge in [0.25, 0.3) is 0 Å². The van der Waals surface area contributed by atoms with Crippen molar-refractivity contribution in [1.82, 2.24) is 20.6 Å². The minimum absolute atomic E-state index is 0.0910. The van der Waals surface area contributed by atoms with E-state index in [-0.39, 0.29) is 30.3 Å². The first-order valence-electron chi connectivity index (χ1n) is 11.2. The van der Waals surface area contributed by atoms with Crippen molar-refractivity contribution in [2.24, 2.45) is 0 Å². The lowest BCUT2D eigenvalue weighted by molar-refractivity contribution is 0.0682. The number of nitrogens with one attached hydrogen (secondary N) is 3. The van der Waals surface area contributed by atoms with Crippen molar-refractivity contribution in [3.8, 4) is 22.4 Å². The van der Waals surface area contributed by atoms with Crippen molar-refractivity contribution < 1.29 is 14.3 Å². The molecule has 2 saturated heterocycles. The standard InChI is InChI=1S/C25H27N5O3/c1-2-26-25(31)30-21-15-33-22-20(14-32-23(21)22)29-24-27-13-12-19(28-24)18-10-8-17(9-11-18)16-6-4-3-5-7-16/h3-13,20-23H,2,14-15H2,1H3,(H2,26,30,31)(H,27,28,29)/t20-,21+,22-,23+/m0/s1. The second kappa shape index (κ2) is 9.56. The molecule has 2 fully saturated rings. The Morgan fingerprint density at radius 1 is 0.909 bits per heavy atom. The van der Waals surface area contributed by atoms with Crippen molar-refractivity contribution in [1.29, 1.82) is 0 Å². The summed E-state index contributed by atoms with van der Waals surface area (Å²) >= 11 is 0. The number of carbonyl (C=O) groups is 1. The summed E-state index contributed by atoms with van der Waals surface area (Å²) in [6, 6.07) is 20.0. The van der Waals surface area contributed by atoms with Gasteiger partial charge in [-0.3, -0.25) is 0 Å². The van der Waals surface area contributed by atoms with Gasteiger partial charge >= 0.3 is 6.03 Å². The molecule has 2 aliphatic rings. The third kappa shape index (κ3) is 4.67. The summed E-state index contributed by atoms with van der Waals surface area (Å²) in [6.07, 6.45) is 1.38. The van der Waals surface area contributed by atoms with Crippen molar-refractivity contribution in [3.63, 3.8) is 0 Å². The Labute approximate surface area is 192 Å². The van der Waals surface area contributed by atoms with Crippen LogP contribution in [0.4, 0.5) is 10.7 Å². The summed E-state index contributed by atoms with van der Waals surface area (Å²) in [6.45, 7) is 3.33. The lowest BCUT2D eigenvalue weighted by atomic mass is 10.0. The molecule has 33 heavy (non-hydrogen) atoms. The monoisotopic (exact) mass is 445 g/mol. The molecule has 2 aliphatic heterocycles. The molecular weight excluding hydrogens is 418 g/mol. The van der Waals surface area contributed by atoms with Crippen molar-refractivity contribution >= 4 is 12.0 Å². The number of aromatic nitrogens is 2. The van der Waals surface area contributed by atoms with Gasteiger partial charge in [0.05, 0.1) is 31.0 Å². The zero-order chi connectivity index (χ0) is 22.6. The molecule has 1 aromatic heterocycles. The molecule has 0 unspecified atom stereocenters. The van der Waals surface area contributed by atoms with Crippen LogP contribution in [-0.4, -0.2) is 60.0 Å². The predicted molar refractivity (Wildman–Crippen MR) is 126 cm³/mol. The van der Waals surface area contributed by atoms with E-state index in [0.717, 1.165) is 16.8 Å². The van der Waals surface area contributed by atoms with Crippen LogP contribution in [0.15, 0.2) is 66.9 Å². The molecule has 0 bridgehead atoms. The van der Waals surface area contributed by atoms with Crippen LogP contribution in [0.25, 0.3) is 22.4 Å². The van der Waals surface area contributed by atoms with E-state index in [9.17, 15) is 4.79 Å². The van der Waals surface area contributed by atoms with Gasteiger partial charge in [0.2, 0.25) is 5.95 Å². The van der Waals surface area contributed by atoms with Gasteiger partial charge in [-0.05, 0) is 24.1 Å². The molecule has 2 amide bonds.